The lowest BCUT2D eigenvalue weighted by Crippen LogP contribution is -2.47. The molecule has 0 saturated carbocycles. The summed E-state index contributed by atoms with van der Waals surface area (Å²) < 4.78 is 5.17. The van der Waals surface area contributed by atoms with Gasteiger partial charge in [-0.05, 0) is 39.8 Å². The van der Waals surface area contributed by atoms with Crippen LogP contribution >= 0.6 is 0 Å². The van der Waals surface area contributed by atoms with E-state index >= 15 is 0 Å². The predicted octanol–water partition coefficient (Wildman–Crippen LogP) is 1.84. The Labute approximate surface area is 147 Å². The Balaban J connectivity index is 2.51. The third-order valence-electron chi connectivity index (χ3n) is 2.78. The maximum atomic E-state index is 12.0. The molecule has 8 heteroatoms. The third-order valence-corrected chi connectivity index (χ3v) is 2.78. The molecule has 1 rings (SSSR count). The number of hydrogen-bond donors (Lipinski definition) is 3. The van der Waals surface area contributed by atoms with E-state index in [4.69, 9.17) is 9.57 Å². The molecule has 1 amide bonds. The summed E-state index contributed by atoms with van der Waals surface area (Å²) >= 11 is 0. The van der Waals surface area contributed by atoms with Crippen LogP contribution < -0.4 is 16.2 Å². The molecule has 1 aromatic carbocycles. The molecule has 0 aliphatic carbocycles. The van der Waals surface area contributed by atoms with Crippen LogP contribution in [0.5, 0.6) is 0 Å². The standard InChI is InChI=1S/C17H26N4O4/c1-5-19-20-12-14(11-18-16(23)24-17(2,3)4)21-25-15(22)13-9-7-6-8-10-13/h5-10,14,20-21H,11-12H2,1-4H3,(H,18,23)/b19-5-. The number of alkyl carbamates (subject to hydrolysis) is 1. The Morgan fingerprint density at radius 3 is 2.48 bits per heavy atom. The molecule has 25 heavy (non-hydrogen) atoms. The van der Waals surface area contributed by atoms with E-state index in [1.54, 1.807) is 58.2 Å². The summed E-state index contributed by atoms with van der Waals surface area (Å²) in [6, 6.07) is 8.20. The molecule has 0 aliphatic rings. The van der Waals surface area contributed by atoms with Gasteiger partial charge in [-0.3, -0.25) is 0 Å². The van der Waals surface area contributed by atoms with Crippen molar-refractivity contribution >= 4 is 18.3 Å². The van der Waals surface area contributed by atoms with Crippen molar-refractivity contribution in [1.29, 1.82) is 0 Å². The van der Waals surface area contributed by atoms with Gasteiger partial charge >= 0.3 is 12.1 Å². The van der Waals surface area contributed by atoms with Gasteiger partial charge in [-0.15, -0.1) is 5.48 Å². The molecule has 138 valence electrons. The highest BCUT2D eigenvalue weighted by molar-refractivity contribution is 5.89. The number of carbonyl (C=O) groups is 2. The van der Waals surface area contributed by atoms with E-state index in [-0.39, 0.29) is 6.54 Å². The maximum Gasteiger partial charge on any atom is 0.407 e. The molecule has 0 aliphatic heterocycles. The average Bonchev–Trinajstić information content (AvgIpc) is 2.56. The van der Waals surface area contributed by atoms with Gasteiger partial charge in [0.15, 0.2) is 0 Å². The number of rotatable bonds is 8. The lowest BCUT2D eigenvalue weighted by atomic mass is 10.2. The van der Waals surface area contributed by atoms with Crippen LogP contribution in [0.15, 0.2) is 35.4 Å². The number of hydrogen-bond acceptors (Lipinski definition) is 7. The van der Waals surface area contributed by atoms with E-state index in [1.165, 1.54) is 0 Å². The summed E-state index contributed by atoms with van der Waals surface area (Å²) in [4.78, 5) is 28.8. The number of nitrogens with one attached hydrogen (secondary N) is 3. The summed E-state index contributed by atoms with van der Waals surface area (Å²) in [5.74, 6) is -0.512. The minimum Gasteiger partial charge on any atom is -0.444 e. The monoisotopic (exact) mass is 350 g/mol. The van der Waals surface area contributed by atoms with Crippen molar-refractivity contribution in [3.63, 3.8) is 0 Å². The first-order valence-electron chi connectivity index (χ1n) is 8.01. The van der Waals surface area contributed by atoms with Crippen LogP contribution in [0.25, 0.3) is 0 Å². The SMILES string of the molecule is C/C=N\NCC(CNC(=O)OC(C)(C)C)NOC(=O)c1ccccc1. The van der Waals surface area contributed by atoms with Crippen molar-refractivity contribution in [3.05, 3.63) is 35.9 Å². The highest BCUT2D eigenvalue weighted by Crippen LogP contribution is 2.06. The van der Waals surface area contributed by atoms with E-state index in [0.717, 1.165) is 0 Å². The Bertz CT molecular complexity index is 570. The molecule has 1 atom stereocenters. The first kappa shape index (κ1) is 20.4. The molecule has 1 aromatic rings. The van der Waals surface area contributed by atoms with Crippen molar-refractivity contribution in [2.24, 2.45) is 5.10 Å². The van der Waals surface area contributed by atoms with Crippen molar-refractivity contribution < 1.29 is 19.2 Å². The molecule has 8 nitrogen and oxygen atoms in total. The third kappa shape index (κ3) is 9.31. The molecular weight excluding hydrogens is 324 g/mol. The van der Waals surface area contributed by atoms with E-state index in [1.807, 2.05) is 6.07 Å². The van der Waals surface area contributed by atoms with Gasteiger partial charge in [0, 0.05) is 12.8 Å². The van der Waals surface area contributed by atoms with Gasteiger partial charge in [-0.1, -0.05) is 18.2 Å². The van der Waals surface area contributed by atoms with Crippen molar-refractivity contribution in [1.82, 2.24) is 16.2 Å². The zero-order valence-electron chi connectivity index (χ0n) is 15.0. The van der Waals surface area contributed by atoms with E-state index in [9.17, 15) is 9.59 Å². The van der Waals surface area contributed by atoms with E-state index in [0.29, 0.717) is 12.1 Å². The lowest BCUT2D eigenvalue weighted by molar-refractivity contribution is 0.0147. The second-order valence-electron chi connectivity index (χ2n) is 6.20. The molecule has 0 spiro atoms. The van der Waals surface area contributed by atoms with Crippen LogP contribution in [0.4, 0.5) is 4.79 Å². The number of ether oxygens (including phenoxy) is 1. The summed E-state index contributed by atoms with van der Waals surface area (Å²) in [5, 5.41) is 6.51. The van der Waals surface area contributed by atoms with Crippen molar-refractivity contribution in [2.75, 3.05) is 13.1 Å². The number of carbonyl (C=O) groups excluding carboxylic acids is 2. The number of hydrazone groups is 1. The summed E-state index contributed by atoms with van der Waals surface area (Å²) in [6.07, 6.45) is 1.04. The fraction of sp³-hybridized carbons (Fsp3) is 0.471. The molecule has 0 bridgehead atoms. The normalized spacial score (nSPS) is 12.5. The number of amides is 1. The van der Waals surface area contributed by atoms with Gasteiger partial charge in [0.2, 0.25) is 0 Å². The fourth-order valence-electron chi connectivity index (χ4n) is 1.70. The molecule has 0 fully saturated rings. The first-order valence-corrected chi connectivity index (χ1v) is 8.01. The average molecular weight is 350 g/mol. The second kappa shape index (κ2) is 10.3. The van der Waals surface area contributed by atoms with Gasteiger partial charge in [0.1, 0.15) is 5.60 Å². The fourth-order valence-corrected chi connectivity index (χ4v) is 1.70. The topological polar surface area (TPSA) is 101 Å². The first-order chi connectivity index (χ1) is 11.8. The van der Waals surface area contributed by atoms with E-state index < -0.39 is 23.7 Å². The van der Waals surface area contributed by atoms with Crippen LogP contribution in [-0.4, -0.2) is 43.0 Å². The van der Waals surface area contributed by atoms with Gasteiger partial charge in [0.25, 0.3) is 0 Å². The molecule has 1 unspecified atom stereocenters. The molecule has 3 N–H and O–H groups in total. The smallest absolute Gasteiger partial charge is 0.407 e. The Morgan fingerprint density at radius 2 is 1.88 bits per heavy atom. The van der Waals surface area contributed by atoms with Crippen LogP contribution in [0, 0.1) is 0 Å². The molecule has 0 saturated heterocycles. The van der Waals surface area contributed by atoms with Crippen LogP contribution in [-0.2, 0) is 9.57 Å². The van der Waals surface area contributed by atoms with E-state index in [2.05, 4.69) is 21.3 Å². The van der Waals surface area contributed by atoms with Crippen molar-refractivity contribution in [3.8, 4) is 0 Å². The van der Waals surface area contributed by atoms with Crippen LogP contribution in [0.2, 0.25) is 0 Å². The van der Waals surface area contributed by atoms with Gasteiger partial charge in [-0.25, -0.2) is 9.59 Å². The zero-order valence-corrected chi connectivity index (χ0v) is 15.0. The minimum atomic E-state index is -0.586. The van der Waals surface area contributed by atoms with Crippen molar-refractivity contribution in [2.45, 2.75) is 39.3 Å². The van der Waals surface area contributed by atoms with Gasteiger partial charge < -0.3 is 20.3 Å². The number of benzene rings is 1. The predicted molar refractivity (Wildman–Crippen MR) is 95.2 cm³/mol. The quantitative estimate of drug-likeness (QED) is 0.488. The molecular formula is C17H26N4O4. The Morgan fingerprint density at radius 1 is 1.20 bits per heavy atom. The minimum absolute atomic E-state index is 0.184. The molecule has 0 heterocycles. The second-order valence-corrected chi connectivity index (χ2v) is 6.20. The Kier molecular flexibility index (Phi) is 8.42. The lowest BCUT2D eigenvalue weighted by Gasteiger charge is -2.22. The maximum absolute atomic E-state index is 12.0. The largest absolute Gasteiger partial charge is 0.444 e. The Hall–Kier alpha value is -2.61. The molecule has 0 aromatic heterocycles. The summed E-state index contributed by atoms with van der Waals surface area (Å²) in [6.45, 7) is 7.62. The summed E-state index contributed by atoms with van der Waals surface area (Å²) in [7, 11) is 0. The highest BCUT2D eigenvalue weighted by atomic mass is 16.7. The zero-order chi connectivity index (χ0) is 18.7. The van der Waals surface area contributed by atoms with Gasteiger partial charge in [-0.2, -0.15) is 5.10 Å². The highest BCUT2D eigenvalue weighted by Gasteiger charge is 2.18. The summed E-state index contributed by atoms with van der Waals surface area (Å²) in [5.41, 5.74) is 5.27. The van der Waals surface area contributed by atoms with Crippen LogP contribution in [0.1, 0.15) is 38.1 Å². The number of hydroxylamine groups is 1. The number of nitrogens with zero attached hydrogens (tertiary/aromatic N) is 1. The van der Waals surface area contributed by atoms with Gasteiger partial charge in [0.05, 0.1) is 18.2 Å². The van der Waals surface area contributed by atoms with Crippen LogP contribution in [0.3, 0.4) is 0 Å². The molecule has 0 radical (unpaired) electrons.